The lowest BCUT2D eigenvalue weighted by molar-refractivity contribution is 0.0727. The maximum atomic E-state index is 4.53. The van der Waals surface area contributed by atoms with Gasteiger partial charge in [-0.2, -0.15) is 0 Å². The average molecular weight is 426 g/mol. The van der Waals surface area contributed by atoms with Crippen LogP contribution in [0.4, 0.5) is 0 Å². The van der Waals surface area contributed by atoms with Crippen LogP contribution in [0.5, 0.6) is 0 Å². The molecule has 0 N–H and O–H groups in total. The Balaban J connectivity index is 1.59. The fourth-order valence-electron chi connectivity index (χ4n) is 2.74. The molecule has 6 heteroatoms. The maximum absolute atomic E-state index is 4.53. The Labute approximate surface area is 147 Å². The van der Waals surface area contributed by atoms with Gasteiger partial charge in [-0.1, -0.05) is 12.1 Å². The molecule has 116 valence electrons. The Kier molecular flexibility index (Phi) is 5.57. The summed E-state index contributed by atoms with van der Waals surface area (Å²) in [7, 11) is 0. The Bertz CT molecular complexity index is 582. The van der Waals surface area contributed by atoms with E-state index in [9.17, 15) is 0 Å². The van der Waals surface area contributed by atoms with Crippen molar-refractivity contribution in [1.82, 2.24) is 19.8 Å². The van der Waals surface area contributed by atoms with Crippen LogP contribution >= 0.6 is 31.9 Å². The van der Waals surface area contributed by atoms with E-state index in [0.29, 0.717) is 0 Å². The minimum absolute atomic E-state index is 0.891. The van der Waals surface area contributed by atoms with Crippen LogP contribution in [0.25, 0.3) is 0 Å². The van der Waals surface area contributed by atoms with Gasteiger partial charge in [-0.15, -0.1) is 0 Å². The predicted octanol–water partition coefficient (Wildman–Crippen LogP) is 3.67. The molecule has 0 atom stereocenters. The predicted molar refractivity (Wildman–Crippen MR) is 94.2 cm³/mol. The number of halogens is 2. The maximum Gasteiger partial charge on any atom is 0.106 e. The van der Waals surface area contributed by atoms with Crippen molar-refractivity contribution in [2.75, 3.05) is 19.8 Å². The second-order valence-electron chi connectivity index (χ2n) is 5.50. The van der Waals surface area contributed by atoms with Gasteiger partial charge in [-0.05, 0) is 62.5 Å². The van der Waals surface area contributed by atoms with E-state index in [0.717, 1.165) is 53.4 Å². The van der Waals surface area contributed by atoms with Gasteiger partial charge in [-0.3, -0.25) is 9.80 Å². The summed E-state index contributed by atoms with van der Waals surface area (Å²) in [5.74, 6) is 0. The standard InChI is InChI=1S/C16H18Br2N4/c17-15-6-1-4-13(19-15)10-21-8-3-9-22(12-21)11-14-5-2-7-16(18)20-14/h1-2,4-7H,3,8-12H2. The molecule has 4 nitrogen and oxygen atoms in total. The molecule has 0 bridgehead atoms. The van der Waals surface area contributed by atoms with E-state index < -0.39 is 0 Å². The average Bonchev–Trinajstić information content (AvgIpc) is 2.47. The first-order valence-corrected chi connectivity index (χ1v) is 8.95. The molecule has 0 unspecified atom stereocenters. The number of hydrogen-bond acceptors (Lipinski definition) is 4. The molecule has 2 aromatic rings. The molecule has 0 aliphatic carbocycles. The minimum atomic E-state index is 0.891. The van der Waals surface area contributed by atoms with Crippen molar-refractivity contribution in [1.29, 1.82) is 0 Å². The topological polar surface area (TPSA) is 32.3 Å². The first-order valence-electron chi connectivity index (χ1n) is 7.36. The van der Waals surface area contributed by atoms with Crippen LogP contribution < -0.4 is 0 Å². The van der Waals surface area contributed by atoms with Crippen LogP contribution in [-0.2, 0) is 13.1 Å². The Hall–Kier alpha value is -0.820. The van der Waals surface area contributed by atoms with Crippen molar-refractivity contribution in [2.45, 2.75) is 19.5 Å². The third kappa shape index (κ3) is 4.59. The van der Waals surface area contributed by atoms with E-state index in [1.807, 2.05) is 24.3 Å². The summed E-state index contributed by atoms with van der Waals surface area (Å²) in [6.45, 7) is 4.99. The molecular formula is C16H18Br2N4. The SMILES string of the molecule is Brc1cccc(CN2CCCN(Cc3cccc(Br)n3)C2)n1. The van der Waals surface area contributed by atoms with Crippen molar-refractivity contribution in [3.63, 3.8) is 0 Å². The molecule has 22 heavy (non-hydrogen) atoms. The second kappa shape index (κ2) is 7.64. The molecule has 1 aliphatic rings. The molecular weight excluding hydrogens is 408 g/mol. The number of nitrogens with zero attached hydrogens (tertiary/aromatic N) is 4. The zero-order chi connectivity index (χ0) is 15.4. The molecule has 1 saturated heterocycles. The zero-order valence-corrected chi connectivity index (χ0v) is 15.4. The summed E-state index contributed by atoms with van der Waals surface area (Å²) in [5, 5.41) is 0. The Morgan fingerprint density at radius 1 is 0.818 bits per heavy atom. The number of pyridine rings is 2. The highest BCUT2D eigenvalue weighted by atomic mass is 79.9. The summed E-state index contributed by atoms with van der Waals surface area (Å²) in [6, 6.07) is 12.2. The summed E-state index contributed by atoms with van der Waals surface area (Å²) in [5.41, 5.74) is 2.22. The monoisotopic (exact) mass is 424 g/mol. The lowest BCUT2D eigenvalue weighted by Gasteiger charge is -2.35. The van der Waals surface area contributed by atoms with Gasteiger partial charge in [0.05, 0.1) is 18.1 Å². The molecule has 1 fully saturated rings. The number of aromatic nitrogens is 2. The molecule has 0 aromatic carbocycles. The molecule has 3 rings (SSSR count). The molecule has 0 saturated carbocycles. The van der Waals surface area contributed by atoms with E-state index >= 15 is 0 Å². The quantitative estimate of drug-likeness (QED) is 0.699. The highest BCUT2D eigenvalue weighted by molar-refractivity contribution is 9.10. The van der Waals surface area contributed by atoms with Crippen LogP contribution in [0.2, 0.25) is 0 Å². The molecule has 0 amide bonds. The van der Waals surface area contributed by atoms with Gasteiger partial charge in [0, 0.05) is 26.2 Å². The first kappa shape index (κ1) is 16.1. The van der Waals surface area contributed by atoms with E-state index in [1.54, 1.807) is 0 Å². The minimum Gasteiger partial charge on any atom is -0.285 e. The fourth-order valence-corrected chi connectivity index (χ4v) is 3.50. The van der Waals surface area contributed by atoms with Gasteiger partial charge in [0.1, 0.15) is 9.21 Å². The van der Waals surface area contributed by atoms with Gasteiger partial charge in [0.25, 0.3) is 0 Å². The third-order valence-electron chi connectivity index (χ3n) is 3.67. The normalized spacial score (nSPS) is 16.8. The largest absolute Gasteiger partial charge is 0.285 e. The van der Waals surface area contributed by atoms with E-state index in [2.05, 4.69) is 63.8 Å². The summed E-state index contributed by atoms with van der Waals surface area (Å²) < 4.78 is 1.80. The highest BCUT2D eigenvalue weighted by Gasteiger charge is 2.18. The summed E-state index contributed by atoms with van der Waals surface area (Å²) >= 11 is 6.87. The summed E-state index contributed by atoms with van der Waals surface area (Å²) in [4.78, 5) is 13.9. The van der Waals surface area contributed by atoms with Crippen LogP contribution in [0.15, 0.2) is 45.6 Å². The second-order valence-corrected chi connectivity index (χ2v) is 7.13. The van der Waals surface area contributed by atoms with Crippen LogP contribution in [-0.4, -0.2) is 39.5 Å². The van der Waals surface area contributed by atoms with Gasteiger partial charge in [0.2, 0.25) is 0 Å². The Morgan fingerprint density at radius 3 is 1.77 bits per heavy atom. The van der Waals surface area contributed by atoms with Crippen molar-refractivity contribution < 1.29 is 0 Å². The third-order valence-corrected chi connectivity index (χ3v) is 4.55. The van der Waals surface area contributed by atoms with Gasteiger partial charge in [-0.25, -0.2) is 9.97 Å². The lowest BCUT2D eigenvalue weighted by atomic mass is 10.2. The van der Waals surface area contributed by atoms with Crippen molar-refractivity contribution in [3.8, 4) is 0 Å². The van der Waals surface area contributed by atoms with Gasteiger partial charge < -0.3 is 0 Å². The smallest absolute Gasteiger partial charge is 0.106 e. The molecule has 0 radical (unpaired) electrons. The number of hydrogen-bond donors (Lipinski definition) is 0. The Morgan fingerprint density at radius 2 is 1.32 bits per heavy atom. The van der Waals surface area contributed by atoms with Gasteiger partial charge >= 0.3 is 0 Å². The van der Waals surface area contributed by atoms with Crippen LogP contribution in [0.3, 0.4) is 0 Å². The number of rotatable bonds is 4. The molecule has 0 spiro atoms. The van der Waals surface area contributed by atoms with E-state index in [-0.39, 0.29) is 0 Å². The van der Waals surface area contributed by atoms with Crippen molar-refractivity contribution in [3.05, 3.63) is 57.0 Å². The van der Waals surface area contributed by atoms with Crippen LogP contribution in [0.1, 0.15) is 17.8 Å². The zero-order valence-electron chi connectivity index (χ0n) is 12.3. The molecule has 2 aromatic heterocycles. The van der Waals surface area contributed by atoms with Crippen molar-refractivity contribution >= 4 is 31.9 Å². The molecule has 1 aliphatic heterocycles. The molecule has 3 heterocycles. The van der Waals surface area contributed by atoms with Crippen LogP contribution in [0, 0.1) is 0 Å². The first-order chi connectivity index (χ1) is 10.7. The highest BCUT2D eigenvalue weighted by Crippen LogP contribution is 2.15. The lowest BCUT2D eigenvalue weighted by Crippen LogP contribution is -2.44. The summed E-state index contributed by atoms with van der Waals surface area (Å²) in [6.07, 6.45) is 1.18. The van der Waals surface area contributed by atoms with Gasteiger partial charge in [0.15, 0.2) is 0 Å². The van der Waals surface area contributed by atoms with Crippen molar-refractivity contribution in [2.24, 2.45) is 0 Å². The van der Waals surface area contributed by atoms with E-state index in [4.69, 9.17) is 0 Å². The fraction of sp³-hybridized carbons (Fsp3) is 0.375. The van der Waals surface area contributed by atoms with E-state index in [1.165, 1.54) is 6.42 Å².